The molecule has 3 rings (SSSR count). The van der Waals surface area contributed by atoms with Crippen LogP contribution in [0, 0.1) is 0 Å². The van der Waals surface area contributed by atoms with Gasteiger partial charge in [0.2, 0.25) is 6.79 Å². The Bertz CT molecular complexity index is 751. The summed E-state index contributed by atoms with van der Waals surface area (Å²) < 4.78 is 11.4. The van der Waals surface area contributed by atoms with E-state index < -0.39 is 0 Å². The van der Waals surface area contributed by atoms with E-state index in [1.807, 2.05) is 24.3 Å². The molecule has 0 aromatic heterocycles. The van der Waals surface area contributed by atoms with Crippen molar-refractivity contribution in [2.75, 3.05) is 12.1 Å². The molecule has 0 aliphatic carbocycles. The van der Waals surface area contributed by atoms with Crippen molar-refractivity contribution in [2.24, 2.45) is 0 Å². The van der Waals surface area contributed by atoms with Gasteiger partial charge in [-0.2, -0.15) is 0 Å². The van der Waals surface area contributed by atoms with Crippen LogP contribution >= 0.6 is 28.1 Å². The lowest BCUT2D eigenvalue weighted by atomic mass is 10.2. The Balaban J connectivity index is 1.65. The minimum atomic E-state index is -0.314. The largest absolute Gasteiger partial charge is 0.454 e. The van der Waals surface area contributed by atoms with E-state index in [2.05, 4.69) is 26.6 Å². The van der Waals surface area contributed by atoms with Crippen LogP contribution < -0.4 is 20.1 Å². The first-order valence-electron chi connectivity index (χ1n) is 6.39. The highest BCUT2D eigenvalue weighted by molar-refractivity contribution is 9.10. The lowest BCUT2D eigenvalue weighted by Gasteiger charge is -2.10. The number of thiocarbonyl (C=S) groups is 1. The second-order valence-corrected chi connectivity index (χ2v) is 5.81. The van der Waals surface area contributed by atoms with Gasteiger partial charge in [-0.3, -0.25) is 10.1 Å². The zero-order chi connectivity index (χ0) is 15.5. The molecule has 0 spiro atoms. The molecule has 0 saturated heterocycles. The highest BCUT2D eigenvalue weighted by Crippen LogP contribution is 2.32. The summed E-state index contributed by atoms with van der Waals surface area (Å²) >= 11 is 8.51. The Morgan fingerprint density at radius 1 is 1.14 bits per heavy atom. The van der Waals surface area contributed by atoms with Crippen molar-refractivity contribution in [1.29, 1.82) is 0 Å². The Morgan fingerprint density at radius 3 is 2.77 bits per heavy atom. The predicted octanol–water partition coefficient (Wildman–Crippen LogP) is 3.30. The number of benzene rings is 2. The van der Waals surface area contributed by atoms with Gasteiger partial charge in [0, 0.05) is 15.7 Å². The lowest BCUT2D eigenvalue weighted by molar-refractivity contribution is 0.0977. The SMILES string of the molecule is O=C(NC(=S)Nc1cccc(Br)c1)c1ccc2c(c1)OCO2. The van der Waals surface area contributed by atoms with Crippen LogP contribution in [0.2, 0.25) is 0 Å². The van der Waals surface area contributed by atoms with E-state index in [9.17, 15) is 4.79 Å². The highest BCUT2D eigenvalue weighted by Gasteiger charge is 2.16. The van der Waals surface area contributed by atoms with Crippen LogP contribution in [0.4, 0.5) is 5.69 Å². The zero-order valence-corrected chi connectivity index (χ0v) is 13.7. The summed E-state index contributed by atoms with van der Waals surface area (Å²) in [5.41, 5.74) is 1.23. The number of rotatable bonds is 2. The number of amides is 1. The highest BCUT2D eigenvalue weighted by atomic mass is 79.9. The fourth-order valence-corrected chi connectivity index (χ4v) is 2.55. The van der Waals surface area contributed by atoms with Gasteiger partial charge in [-0.25, -0.2) is 0 Å². The molecule has 112 valence electrons. The number of hydrogen-bond acceptors (Lipinski definition) is 4. The normalized spacial score (nSPS) is 11.9. The maximum absolute atomic E-state index is 12.2. The summed E-state index contributed by atoms with van der Waals surface area (Å²) in [7, 11) is 0. The van der Waals surface area contributed by atoms with Gasteiger partial charge in [-0.1, -0.05) is 22.0 Å². The Kier molecular flexibility index (Phi) is 4.26. The molecule has 1 aliphatic rings. The van der Waals surface area contributed by atoms with Crippen molar-refractivity contribution in [1.82, 2.24) is 5.32 Å². The third kappa shape index (κ3) is 3.37. The number of nitrogens with one attached hydrogen (secondary N) is 2. The number of carbonyl (C=O) groups excluding carboxylic acids is 1. The number of fused-ring (bicyclic) bond motifs is 1. The molecule has 5 nitrogen and oxygen atoms in total. The smallest absolute Gasteiger partial charge is 0.257 e. The summed E-state index contributed by atoms with van der Waals surface area (Å²) in [6.45, 7) is 0.170. The second kappa shape index (κ2) is 6.33. The van der Waals surface area contributed by atoms with Crippen LogP contribution in [0.3, 0.4) is 0 Å². The molecule has 2 N–H and O–H groups in total. The van der Waals surface area contributed by atoms with E-state index in [1.54, 1.807) is 18.2 Å². The van der Waals surface area contributed by atoms with Crippen LogP contribution in [0.25, 0.3) is 0 Å². The van der Waals surface area contributed by atoms with Crippen LogP contribution in [-0.2, 0) is 0 Å². The molecular weight excluding hydrogens is 368 g/mol. The average Bonchev–Trinajstić information content (AvgIpc) is 2.94. The average molecular weight is 379 g/mol. The third-order valence-corrected chi connectivity index (χ3v) is 3.64. The molecule has 0 bridgehead atoms. The van der Waals surface area contributed by atoms with Gasteiger partial charge in [0.25, 0.3) is 5.91 Å². The summed E-state index contributed by atoms with van der Waals surface area (Å²) in [6, 6.07) is 12.5. The molecule has 22 heavy (non-hydrogen) atoms. The van der Waals surface area contributed by atoms with Crippen LogP contribution in [0.15, 0.2) is 46.9 Å². The number of ether oxygens (including phenoxy) is 2. The van der Waals surface area contributed by atoms with E-state index in [4.69, 9.17) is 21.7 Å². The predicted molar refractivity (Wildman–Crippen MR) is 90.4 cm³/mol. The van der Waals surface area contributed by atoms with Gasteiger partial charge >= 0.3 is 0 Å². The molecule has 0 unspecified atom stereocenters. The quantitative estimate of drug-likeness (QED) is 0.785. The van der Waals surface area contributed by atoms with E-state index in [-0.39, 0.29) is 17.8 Å². The summed E-state index contributed by atoms with van der Waals surface area (Å²) in [6.07, 6.45) is 0. The number of carbonyl (C=O) groups is 1. The van der Waals surface area contributed by atoms with Crippen LogP contribution in [0.5, 0.6) is 11.5 Å². The first kappa shape index (κ1) is 14.8. The number of anilines is 1. The summed E-state index contributed by atoms with van der Waals surface area (Å²) in [4.78, 5) is 12.2. The second-order valence-electron chi connectivity index (χ2n) is 4.49. The fraction of sp³-hybridized carbons (Fsp3) is 0.0667. The van der Waals surface area contributed by atoms with Gasteiger partial charge in [0.15, 0.2) is 16.6 Å². The molecule has 1 heterocycles. The monoisotopic (exact) mass is 378 g/mol. The third-order valence-electron chi connectivity index (χ3n) is 2.94. The molecular formula is C15H11BrN2O3S. The minimum absolute atomic E-state index is 0.170. The lowest BCUT2D eigenvalue weighted by Crippen LogP contribution is -2.34. The van der Waals surface area contributed by atoms with Gasteiger partial charge in [-0.15, -0.1) is 0 Å². The molecule has 1 amide bonds. The van der Waals surface area contributed by atoms with Crippen LogP contribution in [0.1, 0.15) is 10.4 Å². The standard InChI is InChI=1S/C15H11BrN2O3S/c16-10-2-1-3-11(7-10)17-15(22)18-14(19)9-4-5-12-13(6-9)21-8-20-12/h1-7H,8H2,(H2,17,18,19,22). The Labute approximate surface area is 140 Å². The maximum Gasteiger partial charge on any atom is 0.257 e. The first-order chi connectivity index (χ1) is 10.6. The van der Waals surface area contributed by atoms with Gasteiger partial charge in [0.1, 0.15) is 0 Å². The Hall–Kier alpha value is -2.12. The first-order valence-corrected chi connectivity index (χ1v) is 7.59. The Morgan fingerprint density at radius 2 is 1.95 bits per heavy atom. The van der Waals surface area contributed by atoms with E-state index >= 15 is 0 Å². The molecule has 2 aromatic rings. The molecule has 2 aromatic carbocycles. The summed E-state index contributed by atoms with van der Waals surface area (Å²) in [5.74, 6) is 0.871. The minimum Gasteiger partial charge on any atom is -0.454 e. The number of halogens is 1. The number of hydrogen-bond donors (Lipinski definition) is 2. The van der Waals surface area contributed by atoms with Crippen molar-refractivity contribution in [3.63, 3.8) is 0 Å². The molecule has 7 heteroatoms. The van der Waals surface area contributed by atoms with E-state index in [0.29, 0.717) is 17.1 Å². The zero-order valence-electron chi connectivity index (χ0n) is 11.3. The van der Waals surface area contributed by atoms with Crippen molar-refractivity contribution in [3.05, 3.63) is 52.5 Å². The molecule has 0 saturated carbocycles. The van der Waals surface area contributed by atoms with Crippen molar-refractivity contribution in [2.45, 2.75) is 0 Å². The van der Waals surface area contributed by atoms with E-state index in [1.165, 1.54) is 0 Å². The molecule has 1 aliphatic heterocycles. The van der Waals surface area contributed by atoms with Crippen molar-refractivity contribution in [3.8, 4) is 11.5 Å². The van der Waals surface area contributed by atoms with Crippen LogP contribution in [-0.4, -0.2) is 17.8 Å². The van der Waals surface area contributed by atoms with E-state index in [0.717, 1.165) is 10.2 Å². The van der Waals surface area contributed by atoms with Gasteiger partial charge in [0.05, 0.1) is 0 Å². The molecule has 0 radical (unpaired) electrons. The van der Waals surface area contributed by atoms with Gasteiger partial charge in [-0.05, 0) is 48.6 Å². The topological polar surface area (TPSA) is 59.6 Å². The van der Waals surface area contributed by atoms with Gasteiger partial charge < -0.3 is 14.8 Å². The maximum atomic E-state index is 12.2. The molecule has 0 atom stereocenters. The van der Waals surface area contributed by atoms with Crippen molar-refractivity contribution < 1.29 is 14.3 Å². The summed E-state index contributed by atoms with van der Waals surface area (Å²) in [5, 5.41) is 5.80. The van der Waals surface area contributed by atoms with Crippen molar-refractivity contribution >= 4 is 44.9 Å². The fourth-order valence-electron chi connectivity index (χ4n) is 1.94. The molecule has 0 fully saturated rings.